The van der Waals surface area contributed by atoms with E-state index in [9.17, 15) is 13.2 Å². The lowest BCUT2D eigenvalue weighted by molar-refractivity contribution is -0.122. The third kappa shape index (κ3) is 2.90. The van der Waals surface area contributed by atoms with Gasteiger partial charge in [-0.3, -0.25) is 4.79 Å². The summed E-state index contributed by atoms with van der Waals surface area (Å²) in [6.45, 7) is 2.50. The number of sulfonamides is 1. The number of rotatable bonds is 3. The number of aryl methyl sites for hydroxylation is 1. The quantitative estimate of drug-likeness (QED) is 0.767. The number of hydrogen-bond donors (Lipinski definition) is 2. The fraction of sp³-hybridized carbons (Fsp3) is 0.385. The Morgan fingerprint density at radius 3 is 2.81 bits per heavy atom. The minimum Gasteiger partial charge on any atom is -0.368 e. The molecule has 8 heteroatoms. The van der Waals surface area contributed by atoms with Crippen LogP contribution in [-0.4, -0.2) is 44.3 Å². The Bertz CT molecular complexity index is 709. The van der Waals surface area contributed by atoms with E-state index in [0.29, 0.717) is 17.7 Å². The number of piperazine rings is 1. The molecule has 1 unspecified atom stereocenters. The van der Waals surface area contributed by atoms with E-state index in [2.05, 4.69) is 5.32 Å². The summed E-state index contributed by atoms with van der Waals surface area (Å²) < 4.78 is 26.4. The first kappa shape index (κ1) is 15.4. The van der Waals surface area contributed by atoms with Crippen molar-refractivity contribution >= 4 is 15.9 Å². The Labute approximate surface area is 123 Å². The van der Waals surface area contributed by atoms with E-state index >= 15 is 0 Å². The molecule has 0 aliphatic carbocycles. The highest BCUT2D eigenvalue weighted by Crippen LogP contribution is 2.21. The number of hydrogen-bond acceptors (Lipinski definition) is 5. The summed E-state index contributed by atoms with van der Waals surface area (Å²) in [7, 11) is -3.82. The van der Waals surface area contributed by atoms with Crippen LogP contribution < -0.4 is 11.1 Å². The van der Waals surface area contributed by atoms with Crippen LogP contribution in [0.5, 0.6) is 0 Å². The van der Waals surface area contributed by atoms with Crippen molar-refractivity contribution in [3.05, 3.63) is 29.3 Å². The molecule has 0 bridgehead atoms. The molecule has 1 heterocycles. The molecule has 1 aliphatic heterocycles. The first-order chi connectivity index (χ1) is 9.87. The maximum Gasteiger partial charge on any atom is 0.243 e. The molecule has 0 aromatic heterocycles. The molecule has 1 fully saturated rings. The van der Waals surface area contributed by atoms with Gasteiger partial charge in [0, 0.05) is 19.6 Å². The molecular formula is C13H16N4O3S. The fourth-order valence-electron chi connectivity index (χ4n) is 2.27. The number of nitrogens with one attached hydrogen (secondary N) is 1. The second-order valence-electron chi connectivity index (χ2n) is 4.83. The van der Waals surface area contributed by atoms with Gasteiger partial charge in [-0.2, -0.15) is 9.57 Å². The van der Waals surface area contributed by atoms with Crippen LogP contribution >= 0.6 is 0 Å². The molecule has 0 spiro atoms. The van der Waals surface area contributed by atoms with Crippen LogP contribution in [0.1, 0.15) is 11.1 Å². The SMILES string of the molecule is Cc1cc(S(=O)(=O)N2CCNCC2C(N)=O)ccc1C#N. The molecule has 1 aromatic carbocycles. The van der Waals surface area contributed by atoms with Gasteiger partial charge in [-0.05, 0) is 30.7 Å². The van der Waals surface area contributed by atoms with E-state index in [4.69, 9.17) is 11.0 Å². The van der Waals surface area contributed by atoms with Crippen molar-refractivity contribution in [2.45, 2.75) is 17.9 Å². The van der Waals surface area contributed by atoms with E-state index in [0.717, 1.165) is 4.31 Å². The topological polar surface area (TPSA) is 116 Å². The first-order valence-electron chi connectivity index (χ1n) is 6.40. The third-order valence-electron chi connectivity index (χ3n) is 3.45. The molecule has 1 amide bonds. The molecule has 112 valence electrons. The van der Waals surface area contributed by atoms with Gasteiger partial charge in [-0.25, -0.2) is 8.42 Å². The summed E-state index contributed by atoms with van der Waals surface area (Å²) in [6.07, 6.45) is 0. The number of nitriles is 1. The first-order valence-corrected chi connectivity index (χ1v) is 7.84. The zero-order chi connectivity index (χ0) is 15.6. The Balaban J connectivity index is 2.43. The van der Waals surface area contributed by atoms with Gasteiger partial charge in [-0.15, -0.1) is 0 Å². The van der Waals surface area contributed by atoms with Crippen molar-refractivity contribution in [3.63, 3.8) is 0 Å². The van der Waals surface area contributed by atoms with Crippen molar-refractivity contribution in [1.82, 2.24) is 9.62 Å². The van der Waals surface area contributed by atoms with Crippen molar-refractivity contribution in [1.29, 1.82) is 5.26 Å². The van der Waals surface area contributed by atoms with Crippen LogP contribution in [0.25, 0.3) is 0 Å². The van der Waals surface area contributed by atoms with Crippen molar-refractivity contribution in [3.8, 4) is 6.07 Å². The molecule has 0 saturated carbocycles. The molecule has 21 heavy (non-hydrogen) atoms. The second kappa shape index (κ2) is 5.81. The Kier molecular flexibility index (Phi) is 4.27. The fourth-order valence-corrected chi connectivity index (χ4v) is 3.95. The normalized spacial score (nSPS) is 19.9. The molecule has 1 saturated heterocycles. The zero-order valence-corrected chi connectivity index (χ0v) is 12.4. The Hall–Kier alpha value is -1.95. The maximum atomic E-state index is 12.7. The lowest BCUT2D eigenvalue weighted by Crippen LogP contribution is -2.58. The smallest absolute Gasteiger partial charge is 0.243 e. The van der Waals surface area contributed by atoms with Gasteiger partial charge in [0.15, 0.2) is 0 Å². The average molecular weight is 308 g/mol. The molecule has 3 N–H and O–H groups in total. The van der Waals surface area contributed by atoms with E-state index in [1.807, 2.05) is 6.07 Å². The Morgan fingerprint density at radius 2 is 2.24 bits per heavy atom. The van der Waals surface area contributed by atoms with Crippen LogP contribution in [0.3, 0.4) is 0 Å². The minimum absolute atomic E-state index is 0.0622. The predicted octanol–water partition coefficient (Wildman–Crippen LogP) is -0.685. The monoisotopic (exact) mass is 308 g/mol. The number of carbonyl (C=O) groups excluding carboxylic acids is 1. The second-order valence-corrected chi connectivity index (χ2v) is 6.72. The highest BCUT2D eigenvalue weighted by Gasteiger charge is 2.36. The highest BCUT2D eigenvalue weighted by atomic mass is 32.2. The third-order valence-corrected chi connectivity index (χ3v) is 5.35. The molecule has 7 nitrogen and oxygen atoms in total. The van der Waals surface area contributed by atoms with Crippen LogP contribution in [-0.2, 0) is 14.8 Å². The number of primary amides is 1. The van der Waals surface area contributed by atoms with Crippen molar-refractivity contribution in [2.75, 3.05) is 19.6 Å². The van der Waals surface area contributed by atoms with Crippen LogP contribution in [0.4, 0.5) is 0 Å². The number of benzene rings is 1. The number of nitrogens with zero attached hydrogens (tertiary/aromatic N) is 2. The lowest BCUT2D eigenvalue weighted by Gasteiger charge is -2.33. The average Bonchev–Trinajstić information content (AvgIpc) is 2.47. The van der Waals surface area contributed by atoms with Gasteiger partial charge in [0.2, 0.25) is 15.9 Å². The zero-order valence-electron chi connectivity index (χ0n) is 11.5. The molecule has 2 rings (SSSR count). The van der Waals surface area contributed by atoms with Crippen molar-refractivity contribution < 1.29 is 13.2 Å². The molecule has 0 radical (unpaired) electrons. The summed E-state index contributed by atoms with van der Waals surface area (Å²) in [6, 6.07) is 5.36. The lowest BCUT2D eigenvalue weighted by atomic mass is 10.1. The molecular weight excluding hydrogens is 292 g/mol. The van der Waals surface area contributed by atoms with E-state index in [-0.39, 0.29) is 18.0 Å². The number of carbonyl (C=O) groups is 1. The standard InChI is InChI=1S/C13H16N4O3S/c1-9-6-11(3-2-10(9)7-14)21(19,20)17-5-4-16-8-12(17)13(15)18/h2-3,6,12,16H,4-5,8H2,1H3,(H2,15,18). The van der Waals surface area contributed by atoms with Gasteiger partial charge in [0.25, 0.3) is 0 Å². The van der Waals surface area contributed by atoms with Gasteiger partial charge in [0.05, 0.1) is 16.5 Å². The van der Waals surface area contributed by atoms with Crippen LogP contribution in [0, 0.1) is 18.3 Å². The maximum absolute atomic E-state index is 12.7. The summed E-state index contributed by atoms with van der Waals surface area (Å²) in [4.78, 5) is 11.5. The number of nitrogens with two attached hydrogens (primary N) is 1. The van der Waals surface area contributed by atoms with Gasteiger partial charge < -0.3 is 11.1 Å². The molecule has 1 aromatic rings. The van der Waals surface area contributed by atoms with Crippen molar-refractivity contribution in [2.24, 2.45) is 5.73 Å². The van der Waals surface area contributed by atoms with Gasteiger partial charge >= 0.3 is 0 Å². The Morgan fingerprint density at radius 1 is 1.52 bits per heavy atom. The van der Waals surface area contributed by atoms with E-state index in [1.54, 1.807) is 6.92 Å². The van der Waals surface area contributed by atoms with Crippen LogP contribution in [0.2, 0.25) is 0 Å². The predicted molar refractivity (Wildman–Crippen MR) is 75.6 cm³/mol. The summed E-state index contributed by atoms with van der Waals surface area (Å²) in [5.41, 5.74) is 6.27. The number of amides is 1. The van der Waals surface area contributed by atoms with Crippen LogP contribution in [0.15, 0.2) is 23.1 Å². The molecule has 1 atom stereocenters. The summed E-state index contributed by atoms with van der Waals surface area (Å²) >= 11 is 0. The van der Waals surface area contributed by atoms with E-state index < -0.39 is 22.0 Å². The van der Waals surface area contributed by atoms with E-state index in [1.165, 1.54) is 18.2 Å². The largest absolute Gasteiger partial charge is 0.368 e. The summed E-state index contributed by atoms with van der Waals surface area (Å²) in [5.74, 6) is -0.684. The van der Waals surface area contributed by atoms with Gasteiger partial charge in [-0.1, -0.05) is 0 Å². The van der Waals surface area contributed by atoms with Gasteiger partial charge in [0.1, 0.15) is 6.04 Å². The summed E-state index contributed by atoms with van der Waals surface area (Å²) in [5, 5.41) is 11.8. The highest BCUT2D eigenvalue weighted by molar-refractivity contribution is 7.89. The molecule has 1 aliphatic rings. The minimum atomic E-state index is -3.82.